The molecule has 2 aliphatic rings. The van der Waals surface area contributed by atoms with Crippen LogP contribution in [0.3, 0.4) is 0 Å². The van der Waals surface area contributed by atoms with Crippen LogP contribution in [0.5, 0.6) is 0 Å². The van der Waals surface area contributed by atoms with Crippen LogP contribution < -0.4 is 5.32 Å². The number of aliphatic imine (C=N–C) groups is 1. The molecule has 1 unspecified atom stereocenters. The van der Waals surface area contributed by atoms with E-state index in [0.717, 1.165) is 58.1 Å². The lowest BCUT2D eigenvalue weighted by atomic mass is 10.1. The van der Waals surface area contributed by atoms with E-state index in [1.54, 1.807) is 0 Å². The molecule has 1 N–H and O–H groups in total. The molecule has 2 saturated heterocycles. The molecule has 2 fully saturated rings. The van der Waals surface area contributed by atoms with Crippen LogP contribution >= 0.6 is 35.7 Å². The molecule has 2 heterocycles. The van der Waals surface area contributed by atoms with Crippen LogP contribution in [-0.4, -0.2) is 75.0 Å². The molecule has 0 amide bonds. The molecule has 0 aromatic heterocycles. The standard InChI is InChI=1S/C16H31N3O2S.HI/c1-17-16(18-8-4-12-22-2)19-9-6-14(7-10-19)21-13-15-5-3-11-20-15;/h14-15H,3-13H2,1-2H3,(H,17,18);1H. The van der Waals surface area contributed by atoms with Crippen molar-refractivity contribution in [3.05, 3.63) is 0 Å². The fourth-order valence-electron chi connectivity index (χ4n) is 3.00. The van der Waals surface area contributed by atoms with Crippen LogP contribution in [0.15, 0.2) is 4.99 Å². The van der Waals surface area contributed by atoms with E-state index >= 15 is 0 Å². The molecule has 0 spiro atoms. The highest BCUT2D eigenvalue weighted by Gasteiger charge is 2.23. The smallest absolute Gasteiger partial charge is 0.193 e. The van der Waals surface area contributed by atoms with Crippen molar-refractivity contribution in [3.63, 3.8) is 0 Å². The maximum atomic E-state index is 6.03. The van der Waals surface area contributed by atoms with E-state index in [-0.39, 0.29) is 24.0 Å². The molecule has 136 valence electrons. The lowest BCUT2D eigenvalue weighted by Crippen LogP contribution is -2.47. The summed E-state index contributed by atoms with van der Waals surface area (Å²) >= 11 is 1.89. The van der Waals surface area contributed by atoms with Crippen molar-refractivity contribution in [3.8, 4) is 0 Å². The van der Waals surface area contributed by atoms with Gasteiger partial charge in [-0.3, -0.25) is 4.99 Å². The van der Waals surface area contributed by atoms with Crippen LogP contribution in [0.4, 0.5) is 0 Å². The summed E-state index contributed by atoms with van der Waals surface area (Å²) < 4.78 is 11.6. The van der Waals surface area contributed by atoms with E-state index in [4.69, 9.17) is 9.47 Å². The van der Waals surface area contributed by atoms with E-state index in [1.807, 2.05) is 18.8 Å². The number of nitrogens with zero attached hydrogens (tertiary/aromatic N) is 2. The number of thioether (sulfide) groups is 1. The molecule has 2 rings (SSSR count). The summed E-state index contributed by atoms with van der Waals surface area (Å²) in [7, 11) is 1.87. The number of rotatable bonds is 7. The van der Waals surface area contributed by atoms with Crippen LogP contribution in [0.1, 0.15) is 32.1 Å². The fraction of sp³-hybridized carbons (Fsp3) is 0.938. The molecule has 7 heteroatoms. The molecule has 2 aliphatic heterocycles. The van der Waals surface area contributed by atoms with Crippen molar-refractivity contribution in [1.29, 1.82) is 0 Å². The van der Waals surface area contributed by atoms with E-state index < -0.39 is 0 Å². The second-order valence-electron chi connectivity index (χ2n) is 5.98. The summed E-state index contributed by atoms with van der Waals surface area (Å²) in [5, 5.41) is 3.47. The zero-order chi connectivity index (χ0) is 15.6. The highest BCUT2D eigenvalue weighted by molar-refractivity contribution is 14.0. The molecule has 5 nitrogen and oxygen atoms in total. The van der Waals surface area contributed by atoms with E-state index in [9.17, 15) is 0 Å². The Morgan fingerprint density at radius 1 is 1.35 bits per heavy atom. The van der Waals surface area contributed by atoms with Crippen molar-refractivity contribution in [1.82, 2.24) is 10.2 Å². The molecule has 0 aromatic carbocycles. The van der Waals surface area contributed by atoms with Crippen molar-refractivity contribution in [2.45, 2.75) is 44.3 Å². The lowest BCUT2D eigenvalue weighted by Gasteiger charge is -2.34. The number of hydrogen-bond acceptors (Lipinski definition) is 4. The summed E-state index contributed by atoms with van der Waals surface area (Å²) in [6, 6.07) is 0. The molecule has 0 aromatic rings. The fourth-order valence-corrected chi connectivity index (χ4v) is 3.44. The number of halogens is 1. The molecule has 0 saturated carbocycles. The van der Waals surface area contributed by atoms with Crippen molar-refractivity contribution in [2.24, 2.45) is 4.99 Å². The average molecular weight is 457 g/mol. The predicted octanol–water partition coefficient (Wildman–Crippen LogP) is 2.59. The van der Waals surface area contributed by atoms with E-state index in [1.165, 1.54) is 18.6 Å². The molecule has 23 heavy (non-hydrogen) atoms. The number of likely N-dealkylation sites (tertiary alicyclic amines) is 1. The van der Waals surface area contributed by atoms with Gasteiger partial charge in [0.05, 0.1) is 18.8 Å². The Morgan fingerprint density at radius 3 is 2.74 bits per heavy atom. The first-order valence-corrected chi connectivity index (χ1v) is 9.90. The Balaban J connectivity index is 0.00000264. The summed E-state index contributed by atoms with van der Waals surface area (Å²) in [4.78, 5) is 6.76. The van der Waals surface area contributed by atoms with E-state index in [0.29, 0.717) is 12.2 Å². The van der Waals surface area contributed by atoms with Gasteiger partial charge >= 0.3 is 0 Å². The zero-order valence-corrected chi connectivity index (χ0v) is 17.6. The van der Waals surface area contributed by atoms with Gasteiger partial charge in [0.1, 0.15) is 0 Å². The Labute approximate surface area is 162 Å². The average Bonchev–Trinajstić information content (AvgIpc) is 3.07. The summed E-state index contributed by atoms with van der Waals surface area (Å²) in [6.07, 6.45) is 8.56. The second-order valence-corrected chi connectivity index (χ2v) is 6.96. The van der Waals surface area contributed by atoms with Crippen molar-refractivity contribution >= 4 is 41.7 Å². The monoisotopic (exact) mass is 457 g/mol. The highest BCUT2D eigenvalue weighted by Crippen LogP contribution is 2.17. The highest BCUT2D eigenvalue weighted by atomic mass is 127. The molecule has 0 radical (unpaired) electrons. The Bertz CT molecular complexity index is 333. The largest absolute Gasteiger partial charge is 0.376 e. The first-order valence-electron chi connectivity index (χ1n) is 8.51. The minimum absolute atomic E-state index is 0. The van der Waals surface area contributed by atoms with Crippen LogP contribution in [0.2, 0.25) is 0 Å². The molecule has 1 atom stereocenters. The van der Waals surface area contributed by atoms with Crippen molar-refractivity contribution < 1.29 is 9.47 Å². The maximum Gasteiger partial charge on any atom is 0.193 e. The minimum atomic E-state index is 0. The van der Waals surface area contributed by atoms with Gasteiger partial charge in [-0.2, -0.15) is 11.8 Å². The number of ether oxygens (including phenoxy) is 2. The van der Waals surface area contributed by atoms with E-state index in [2.05, 4.69) is 21.5 Å². The predicted molar refractivity (Wildman–Crippen MR) is 109 cm³/mol. The quantitative estimate of drug-likeness (QED) is 0.276. The maximum absolute atomic E-state index is 6.03. The van der Waals surface area contributed by atoms with Gasteiger partial charge in [-0.1, -0.05) is 0 Å². The van der Waals surface area contributed by atoms with Gasteiger partial charge in [-0.15, -0.1) is 24.0 Å². The van der Waals surface area contributed by atoms with Gasteiger partial charge in [0.2, 0.25) is 0 Å². The summed E-state index contributed by atoms with van der Waals surface area (Å²) in [6.45, 7) is 4.73. The Hall–Kier alpha value is 0.270. The Morgan fingerprint density at radius 2 is 2.13 bits per heavy atom. The number of piperidine rings is 1. The van der Waals surface area contributed by atoms with Gasteiger partial charge in [-0.05, 0) is 44.1 Å². The summed E-state index contributed by atoms with van der Waals surface area (Å²) in [5.41, 5.74) is 0. The molecule has 0 bridgehead atoms. The third-order valence-corrected chi connectivity index (χ3v) is 5.00. The van der Waals surface area contributed by atoms with Gasteiger partial charge in [-0.25, -0.2) is 0 Å². The minimum Gasteiger partial charge on any atom is -0.376 e. The molecule has 0 aliphatic carbocycles. The zero-order valence-electron chi connectivity index (χ0n) is 14.5. The summed E-state index contributed by atoms with van der Waals surface area (Å²) in [5.74, 6) is 2.24. The SMILES string of the molecule is CN=C(NCCCSC)N1CCC(OCC2CCCO2)CC1.I. The van der Waals surface area contributed by atoms with Gasteiger partial charge in [0, 0.05) is 33.3 Å². The van der Waals surface area contributed by atoms with Gasteiger partial charge in [0.25, 0.3) is 0 Å². The number of hydrogen-bond donors (Lipinski definition) is 1. The first kappa shape index (κ1) is 21.3. The third kappa shape index (κ3) is 7.79. The first-order chi connectivity index (χ1) is 10.8. The number of guanidine groups is 1. The normalized spacial score (nSPS) is 23.0. The lowest BCUT2D eigenvalue weighted by molar-refractivity contribution is -0.0367. The third-order valence-electron chi connectivity index (χ3n) is 4.30. The van der Waals surface area contributed by atoms with Gasteiger partial charge in [0.15, 0.2) is 5.96 Å². The topological polar surface area (TPSA) is 46.1 Å². The van der Waals surface area contributed by atoms with Gasteiger partial charge < -0.3 is 19.7 Å². The van der Waals surface area contributed by atoms with Crippen LogP contribution in [0, 0.1) is 0 Å². The second kappa shape index (κ2) is 12.6. The van der Waals surface area contributed by atoms with Crippen LogP contribution in [0.25, 0.3) is 0 Å². The Kier molecular flexibility index (Phi) is 11.7. The molecular weight excluding hydrogens is 425 g/mol. The molecular formula is C16H32IN3O2S. The van der Waals surface area contributed by atoms with Crippen LogP contribution in [-0.2, 0) is 9.47 Å². The number of nitrogens with one attached hydrogen (secondary N) is 1. The van der Waals surface area contributed by atoms with Crippen molar-refractivity contribution in [2.75, 3.05) is 51.9 Å².